The fourth-order valence-electron chi connectivity index (χ4n) is 2.54. The normalized spacial score (nSPS) is 18.3. The molecule has 0 saturated carbocycles. The van der Waals surface area contributed by atoms with Crippen molar-refractivity contribution in [2.75, 3.05) is 26.3 Å². The summed E-state index contributed by atoms with van der Waals surface area (Å²) in [7, 11) is 0. The summed E-state index contributed by atoms with van der Waals surface area (Å²) in [5.74, 6) is 1.36. The van der Waals surface area contributed by atoms with Crippen molar-refractivity contribution in [2.45, 2.75) is 25.3 Å². The molecule has 1 amide bonds. The van der Waals surface area contributed by atoms with Crippen LogP contribution in [-0.2, 0) is 0 Å². The number of piperidine rings is 1. The highest BCUT2D eigenvalue weighted by atomic mass is 35.5. The Labute approximate surface area is 130 Å². The molecule has 6 heteroatoms. The quantitative estimate of drug-likeness (QED) is 0.873. The van der Waals surface area contributed by atoms with Crippen LogP contribution in [0.4, 0.5) is 0 Å². The minimum absolute atomic E-state index is 0. The van der Waals surface area contributed by atoms with Crippen molar-refractivity contribution in [1.82, 2.24) is 10.6 Å². The Balaban J connectivity index is 0.00000161. The molecule has 1 aromatic carbocycles. The van der Waals surface area contributed by atoms with E-state index < -0.39 is 0 Å². The Morgan fingerprint density at radius 3 is 2.62 bits per heavy atom. The van der Waals surface area contributed by atoms with Crippen LogP contribution < -0.4 is 20.1 Å². The Kier molecular flexibility index (Phi) is 5.70. The molecule has 3 rings (SSSR count). The average molecular weight is 313 g/mol. The Bertz CT molecular complexity index is 490. The number of carbonyl (C=O) groups is 1. The number of hydrogen-bond acceptors (Lipinski definition) is 4. The van der Waals surface area contributed by atoms with Gasteiger partial charge < -0.3 is 20.1 Å². The van der Waals surface area contributed by atoms with E-state index in [1.54, 1.807) is 12.1 Å². The summed E-state index contributed by atoms with van der Waals surface area (Å²) in [4.78, 5) is 12.3. The van der Waals surface area contributed by atoms with Gasteiger partial charge in [-0.2, -0.15) is 0 Å². The molecule has 1 aromatic rings. The molecule has 2 aliphatic heterocycles. The molecule has 5 nitrogen and oxygen atoms in total. The summed E-state index contributed by atoms with van der Waals surface area (Å²) in [6.07, 6.45) is 2.83. The Morgan fingerprint density at radius 1 is 1.14 bits per heavy atom. The molecule has 0 radical (unpaired) electrons. The maximum Gasteiger partial charge on any atom is 0.251 e. The SMILES string of the molecule is Cl.O=C(NC1CCNCC1)c1ccc2c(c1)OCCCO2. The largest absolute Gasteiger partial charge is 0.490 e. The lowest BCUT2D eigenvalue weighted by Gasteiger charge is -2.23. The van der Waals surface area contributed by atoms with Gasteiger partial charge in [-0.3, -0.25) is 4.79 Å². The van der Waals surface area contributed by atoms with E-state index >= 15 is 0 Å². The second kappa shape index (κ2) is 7.52. The van der Waals surface area contributed by atoms with Crippen LogP contribution in [-0.4, -0.2) is 38.3 Å². The van der Waals surface area contributed by atoms with Gasteiger partial charge in [0.15, 0.2) is 11.5 Å². The van der Waals surface area contributed by atoms with Crippen LogP contribution in [0.2, 0.25) is 0 Å². The summed E-state index contributed by atoms with van der Waals surface area (Å²) >= 11 is 0. The maximum absolute atomic E-state index is 12.3. The van der Waals surface area contributed by atoms with Crippen molar-refractivity contribution < 1.29 is 14.3 Å². The van der Waals surface area contributed by atoms with E-state index in [2.05, 4.69) is 10.6 Å². The van der Waals surface area contributed by atoms with Gasteiger partial charge in [0, 0.05) is 18.0 Å². The molecule has 0 unspecified atom stereocenters. The first-order valence-corrected chi connectivity index (χ1v) is 7.24. The van der Waals surface area contributed by atoms with Gasteiger partial charge in [0.2, 0.25) is 0 Å². The van der Waals surface area contributed by atoms with Crippen molar-refractivity contribution in [3.05, 3.63) is 23.8 Å². The fourth-order valence-corrected chi connectivity index (χ4v) is 2.54. The first-order valence-electron chi connectivity index (χ1n) is 7.24. The van der Waals surface area contributed by atoms with E-state index in [4.69, 9.17) is 9.47 Å². The van der Waals surface area contributed by atoms with E-state index in [0.717, 1.165) is 38.1 Å². The molecule has 0 aliphatic carbocycles. The zero-order chi connectivity index (χ0) is 13.8. The summed E-state index contributed by atoms with van der Waals surface area (Å²) in [5, 5.41) is 6.37. The van der Waals surface area contributed by atoms with Crippen molar-refractivity contribution >= 4 is 18.3 Å². The summed E-state index contributed by atoms with van der Waals surface area (Å²) in [5.41, 5.74) is 0.632. The minimum Gasteiger partial charge on any atom is -0.490 e. The van der Waals surface area contributed by atoms with Crippen LogP contribution in [0.1, 0.15) is 29.6 Å². The summed E-state index contributed by atoms with van der Waals surface area (Å²) < 4.78 is 11.2. The minimum atomic E-state index is -0.0347. The topological polar surface area (TPSA) is 59.6 Å². The molecular formula is C15H21ClN2O3. The number of benzene rings is 1. The first-order chi connectivity index (χ1) is 9.83. The summed E-state index contributed by atoms with van der Waals surface area (Å²) in [6, 6.07) is 5.65. The Hall–Kier alpha value is -1.46. The third kappa shape index (κ3) is 4.02. The number of rotatable bonds is 2. The van der Waals surface area contributed by atoms with E-state index in [1.165, 1.54) is 0 Å². The molecule has 0 aromatic heterocycles. The zero-order valence-electron chi connectivity index (χ0n) is 11.9. The van der Waals surface area contributed by atoms with E-state index in [9.17, 15) is 4.79 Å². The predicted octanol–water partition coefficient (Wildman–Crippen LogP) is 1.75. The molecule has 1 fully saturated rings. The summed E-state index contributed by atoms with van der Waals surface area (Å²) in [6.45, 7) is 3.22. The van der Waals surface area contributed by atoms with Gasteiger partial charge >= 0.3 is 0 Å². The van der Waals surface area contributed by atoms with E-state index in [0.29, 0.717) is 24.5 Å². The lowest BCUT2D eigenvalue weighted by Crippen LogP contribution is -2.42. The average Bonchev–Trinajstić information content (AvgIpc) is 2.72. The van der Waals surface area contributed by atoms with Gasteiger partial charge in [-0.1, -0.05) is 0 Å². The number of fused-ring (bicyclic) bond motifs is 1. The molecule has 0 bridgehead atoms. The molecule has 2 N–H and O–H groups in total. The maximum atomic E-state index is 12.3. The molecule has 2 heterocycles. The molecule has 116 valence electrons. The van der Waals surface area contributed by atoms with Crippen LogP contribution >= 0.6 is 12.4 Å². The van der Waals surface area contributed by atoms with Gasteiger partial charge in [0.05, 0.1) is 13.2 Å². The van der Waals surface area contributed by atoms with Crippen molar-refractivity contribution in [1.29, 1.82) is 0 Å². The molecule has 0 atom stereocenters. The van der Waals surface area contributed by atoms with Crippen LogP contribution in [0.15, 0.2) is 18.2 Å². The second-order valence-corrected chi connectivity index (χ2v) is 5.21. The highest BCUT2D eigenvalue weighted by Gasteiger charge is 2.18. The van der Waals surface area contributed by atoms with E-state index in [-0.39, 0.29) is 24.4 Å². The number of halogens is 1. The number of hydrogen-bond donors (Lipinski definition) is 2. The number of carbonyl (C=O) groups excluding carboxylic acids is 1. The van der Waals surface area contributed by atoms with Crippen LogP contribution in [0.3, 0.4) is 0 Å². The van der Waals surface area contributed by atoms with Gasteiger partial charge in [0.1, 0.15) is 0 Å². The molecule has 0 spiro atoms. The van der Waals surface area contributed by atoms with Crippen molar-refractivity contribution in [2.24, 2.45) is 0 Å². The van der Waals surface area contributed by atoms with Gasteiger partial charge in [-0.25, -0.2) is 0 Å². The van der Waals surface area contributed by atoms with Crippen molar-refractivity contribution in [3.8, 4) is 11.5 Å². The first kappa shape index (κ1) is 15.9. The lowest BCUT2D eigenvalue weighted by molar-refractivity contribution is 0.0929. The predicted molar refractivity (Wildman–Crippen MR) is 82.7 cm³/mol. The number of amides is 1. The van der Waals surface area contributed by atoms with Crippen LogP contribution in [0.5, 0.6) is 11.5 Å². The molecule has 2 aliphatic rings. The monoisotopic (exact) mass is 312 g/mol. The third-order valence-electron chi connectivity index (χ3n) is 3.68. The second-order valence-electron chi connectivity index (χ2n) is 5.21. The number of nitrogens with one attached hydrogen (secondary N) is 2. The van der Waals surface area contributed by atoms with Gasteiger partial charge in [0.25, 0.3) is 5.91 Å². The lowest BCUT2D eigenvalue weighted by atomic mass is 10.1. The smallest absolute Gasteiger partial charge is 0.251 e. The van der Waals surface area contributed by atoms with E-state index in [1.807, 2.05) is 6.07 Å². The highest BCUT2D eigenvalue weighted by molar-refractivity contribution is 5.95. The number of ether oxygens (including phenoxy) is 2. The highest BCUT2D eigenvalue weighted by Crippen LogP contribution is 2.30. The standard InChI is InChI=1S/C15H20N2O3.ClH/c18-15(17-12-4-6-16-7-5-12)11-2-3-13-14(10-11)20-9-1-8-19-13;/h2-3,10,12,16H,1,4-9H2,(H,17,18);1H. The van der Waals surface area contributed by atoms with Crippen LogP contribution in [0, 0.1) is 0 Å². The Morgan fingerprint density at radius 2 is 1.86 bits per heavy atom. The third-order valence-corrected chi connectivity index (χ3v) is 3.68. The van der Waals surface area contributed by atoms with Crippen molar-refractivity contribution in [3.63, 3.8) is 0 Å². The molecular weight excluding hydrogens is 292 g/mol. The molecule has 21 heavy (non-hydrogen) atoms. The zero-order valence-corrected chi connectivity index (χ0v) is 12.7. The fraction of sp³-hybridized carbons (Fsp3) is 0.533. The molecule has 1 saturated heterocycles. The van der Waals surface area contributed by atoms with Gasteiger partial charge in [-0.15, -0.1) is 12.4 Å². The van der Waals surface area contributed by atoms with Gasteiger partial charge in [-0.05, 0) is 44.1 Å². The van der Waals surface area contributed by atoms with Crippen LogP contribution in [0.25, 0.3) is 0 Å².